The van der Waals surface area contributed by atoms with E-state index in [2.05, 4.69) is 15.5 Å². The number of para-hydroxylation sites is 1. The van der Waals surface area contributed by atoms with Gasteiger partial charge in [-0.05, 0) is 29.2 Å². The number of aromatic nitrogens is 2. The van der Waals surface area contributed by atoms with Crippen LogP contribution in [0.15, 0.2) is 64.4 Å². The number of nitro groups is 1. The lowest BCUT2D eigenvalue weighted by atomic mass is 10.3. The summed E-state index contributed by atoms with van der Waals surface area (Å²) in [5, 5.41) is 18.9. The number of hydrogen-bond acceptors (Lipinski definition) is 5. The minimum atomic E-state index is -0.731. The van der Waals surface area contributed by atoms with Crippen molar-refractivity contribution in [2.24, 2.45) is 0 Å². The molecule has 1 heterocycles. The molecule has 0 bridgehead atoms. The summed E-state index contributed by atoms with van der Waals surface area (Å²) < 4.78 is 0. The van der Waals surface area contributed by atoms with Crippen LogP contribution in [0, 0.1) is 10.1 Å². The van der Waals surface area contributed by atoms with Gasteiger partial charge in [-0.15, -0.1) is 5.10 Å². The lowest BCUT2D eigenvalue weighted by Gasteiger charge is -2.09. The smallest absolute Gasteiger partial charge is 0.358 e. The van der Waals surface area contributed by atoms with Gasteiger partial charge in [-0.3, -0.25) is 4.79 Å². The third kappa shape index (κ3) is 3.81. The average molecular weight is 375 g/mol. The molecule has 126 valence electrons. The van der Waals surface area contributed by atoms with E-state index in [-0.39, 0.29) is 10.7 Å². The van der Waals surface area contributed by atoms with E-state index in [0.717, 1.165) is 9.79 Å². The van der Waals surface area contributed by atoms with E-state index >= 15 is 0 Å². The summed E-state index contributed by atoms with van der Waals surface area (Å²) in [6, 6.07) is 16.9. The van der Waals surface area contributed by atoms with E-state index in [0.29, 0.717) is 5.69 Å². The van der Waals surface area contributed by atoms with Crippen LogP contribution in [0.25, 0.3) is 0 Å². The van der Waals surface area contributed by atoms with Crippen LogP contribution in [0.4, 0.5) is 11.5 Å². The first-order chi connectivity index (χ1) is 12.1. The number of aromatic amines is 1. The number of halogens is 1. The van der Waals surface area contributed by atoms with Gasteiger partial charge in [0, 0.05) is 9.79 Å². The molecule has 0 aliphatic rings. The molecule has 1 amide bonds. The molecule has 3 aromatic rings. The Morgan fingerprint density at radius 1 is 1.16 bits per heavy atom. The lowest BCUT2D eigenvalue weighted by molar-refractivity contribution is -0.389. The summed E-state index contributed by atoms with van der Waals surface area (Å²) in [5.74, 6) is -1.14. The highest BCUT2D eigenvalue weighted by Gasteiger charge is 2.25. The largest absolute Gasteiger partial charge is 0.362 e. The number of amides is 1. The predicted octanol–water partition coefficient (Wildman–Crippen LogP) is 4.37. The first-order valence-corrected chi connectivity index (χ1v) is 8.27. The minimum absolute atomic E-state index is 0.229. The number of nitrogens with one attached hydrogen (secondary N) is 2. The molecule has 1 aromatic heterocycles. The Balaban J connectivity index is 1.84. The van der Waals surface area contributed by atoms with Crippen molar-refractivity contribution in [3.63, 3.8) is 0 Å². The van der Waals surface area contributed by atoms with Gasteiger partial charge in [-0.2, -0.15) is 0 Å². The zero-order valence-electron chi connectivity index (χ0n) is 12.6. The van der Waals surface area contributed by atoms with Gasteiger partial charge in [-0.25, -0.2) is 0 Å². The second-order valence-corrected chi connectivity index (χ2v) is 6.35. The molecular weight excluding hydrogens is 364 g/mol. The van der Waals surface area contributed by atoms with Gasteiger partial charge < -0.3 is 15.4 Å². The van der Waals surface area contributed by atoms with Gasteiger partial charge in [0.2, 0.25) is 0 Å². The maximum absolute atomic E-state index is 12.4. The van der Waals surface area contributed by atoms with E-state index in [1.165, 1.54) is 11.8 Å². The molecule has 0 spiro atoms. The molecule has 2 aromatic carbocycles. The van der Waals surface area contributed by atoms with Crippen LogP contribution in [0.3, 0.4) is 0 Å². The summed E-state index contributed by atoms with van der Waals surface area (Å²) in [6.45, 7) is 0. The fraction of sp³-hybridized carbons (Fsp3) is 0. The quantitative estimate of drug-likeness (QED) is 0.510. The fourth-order valence-corrected chi connectivity index (χ4v) is 3.21. The van der Waals surface area contributed by atoms with Crippen molar-refractivity contribution in [2.45, 2.75) is 9.79 Å². The third-order valence-electron chi connectivity index (χ3n) is 3.19. The van der Waals surface area contributed by atoms with Crippen LogP contribution in [-0.4, -0.2) is 21.0 Å². The predicted molar refractivity (Wildman–Crippen MR) is 95.2 cm³/mol. The number of nitrogens with zero attached hydrogens (tertiary/aromatic N) is 2. The summed E-state index contributed by atoms with van der Waals surface area (Å²) >= 11 is 7.33. The summed E-state index contributed by atoms with van der Waals surface area (Å²) in [6.07, 6.45) is 0. The van der Waals surface area contributed by atoms with Crippen molar-refractivity contribution in [1.29, 1.82) is 0 Å². The number of carbonyl (C=O) groups is 1. The zero-order chi connectivity index (χ0) is 17.8. The molecule has 0 saturated heterocycles. The highest BCUT2D eigenvalue weighted by Crippen LogP contribution is 2.34. The zero-order valence-corrected chi connectivity index (χ0v) is 14.2. The van der Waals surface area contributed by atoms with E-state index in [1.54, 1.807) is 12.1 Å². The first-order valence-electron chi connectivity index (χ1n) is 7.08. The second-order valence-electron chi connectivity index (χ2n) is 4.86. The van der Waals surface area contributed by atoms with Crippen molar-refractivity contribution in [1.82, 2.24) is 10.2 Å². The van der Waals surface area contributed by atoms with E-state index < -0.39 is 16.6 Å². The van der Waals surface area contributed by atoms with Crippen molar-refractivity contribution in [3.8, 4) is 0 Å². The first kappa shape index (κ1) is 17.0. The lowest BCUT2D eigenvalue weighted by Crippen LogP contribution is -2.13. The standard InChI is InChI=1S/C16H11ClN4O3S/c17-13-14(19-20-15(13)21(23)24)16(22)18-11-8-4-5-9-12(11)25-10-6-2-1-3-7-10/h1-9H,(H,18,22)(H,19,20). The van der Waals surface area contributed by atoms with Crippen LogP contribution in [0.2, 0.25) is 5.02 Å². The van der Waals surface area contributed by atoms with Crippen LogP contribution >= 0.6 is 23.4 Å². The van der Waals surface area contributed by atoms with Gasteiger partial charge in [-0.1, -0.05) is 58.8 Å². The topological polar surface area (TPSA) is 101 Å². The van der Waals surface area contributed by atoms with Crippen LogP contribution in [0.5, 0.6) is 0 Å². The normalized spacial score (nSPS) is 10.4. The molecule has 0 atom stereocenters. The Kier molecular flexibility index (Phi) is 5.01. The third-order valence-corrected chi connectivity index (χ3v) is 4.64. The number of rotatable bonds is 5. The highest BCUT2D eigenvalue weighted by atomic mass is 35.5. The summed E-state index contributed by atoms with van der Waals surface area (Å²) in [7, 11) is 0. The molecular formula is C16H11ClN4O3S. The van der Waals surface area contributed by atoms with Gasteiger partial charge >= 0.3 is 5.82 Å². The van der Waals surface area contributed by atoms with Crippen LogP contribution in [-0.2, 0) is 0 Å². The molecule has 7 nitrogen and oxygen atoms in total. The number of anilines is 1. The number of benzene rings is 2. The monoisotopic (exact) mass is 374 g/mol. The molecule has 0 saturated carbocycles. The van der Waals surface area contributed by atoms with Gasteiger partial charge in [0.15, 0.2) is 10.7 Å². The molecule has 0 radical (unpaired) electrons. The highest BCUT2D eigenvalue weighted by molar-refractivity contribution is 7.99. The molecule has 2 N–H and O–H groups in total. The number of H-pyrrole nitrogens is 1. The Hall–Kier alpha value is -2.84. The molecule has 0 aliphatic heterocycles. The van der Waals surface area contributed by atoms with E-state index in [1.807, 2.05) is 42.5 Å². The van der Waals surface area contributed by atoms with Crippen molar-refractivity contribution in [2.75, 3.05) is 5.32 Å². The molecule has 0 fully saturated rings. The van der Waals surface area contributed by atoms with Crippen LogP contribution in [0.1, 0.15) is 10.5 Å². The maximum Gasteiger partial charge on any atom is 0.362 e. The Labute approximate surface area is 151 Å². The van der Waals surface area contributed by atoms with Crippen LogP contribution < -0.4 is 5.32 Å². The Morgan fingerprint density at radius 3 is 2.52 bits per heavy atom. The molecule has 9 heteroatoms. The maximum atomic E-state index is 12.4. The average Bonchev–Trinajstić information content (AvgIpc) is 2.99. The van der Waals surface area contributed by atoms with Gasteiger partial charge in [0.05, 0.1) is 5.69 Å². The van der Waals surface area contributed by atoms with Gasteiger partial charge in [0.25, 0.3) is 5.91 Å². The number of hydrogen-bond donors (Lipinski definition) is 2. The number of carbonyl (C=O) groups excluding carboxylic acids is 1. The minimum Gasteiger partial charge on any atom is -0.358 e. The molecule has 3 rings (SSSR count). The van der Waals surface area contributed by atoms with E-state index in [4.69, 9.17) is 11.6 Å². The van der Waals surface area contributed by atoms with Gasteiger partial charge in [0.1, 0.15) is 0 Å². The fourth-order valence-electron chi connectivity index (χ4n) is 2.05. The summed E-state index contributed by atoms with van der Waals surface area (Å²) in [5.41, 5.74) is 0.330. The SMILES string of the molecule is O=C(Nc1ccccc1Sc1ccccc1)c1n[nH]c([N+](=O)[O-])c1Cl. The summed E-state index contributed by atoms with van der Waals surface area (Å²) in [4.78, 5) is 24.3. The Morgan fingerprint density at radius 2 is 1.84 bits per heavy atom. The van der Waals surface area contributed by atoms with Crippen molar-refractivity contribution >= 4 is 40.8 Å². The van der Waals surface area contributed by atoms with E-state index in [9.17, 15) is 14.9 Å². The Bertz CT molecular complexity index is 930. The van der Waals surface area contributed by atoms with Crippen molar-refractivity contribution < 1.29 is 9.72 Å². The molecule has 0 aliphatic carbocycles. The second kappa shape index (κ2) is 7.37. The molecule has 25 heavy (non-hydrogen) atoms. The molecule has 0 unspecified atom stereocenters. The van der Waals surface area contributed by atoms with Crippen molar-refractivity contribution in [3.05, 3.63) is 75.4 Å².